The first-order valence-corrected chi connectivity index (χ1v) is 5.62. The summed E-state index contributed by atoms with van der Waals surface area (Å²) >= 11 is 0. The Bertz CT molecular complexity index is 392. The molecule has 0 atom stereocenters. The lowest BCUT2D eigenvalue weighted by molar-refractivity contribution is 0.0491. The maximum atomic E-state index is 13.4. The molecule has 0 saturated carbocycles. The Balaban J connectivity index is 1.96. The largest absolute Gasteiger partial charge is 0.490 e. The molecule has 0 aromatic heterocycles. The molecule has 94 valence electrons. The van der Waals surface area contributed by atoms with Crippen LogP contribution in [0.25, 0.3) is 0 Å². The van der Waals surface area contributed by atoms with Gasteiger partial charge in [-0.15, -0.1) is 0 Å². The van der Waals surface area contributed by atoms with E-state index in [1.54, 1.807) is 0 Å². The summed E-state index contributed by atoms with van der Waals surface area (Å²) < 4.78 is 37.0. The van der Waals surface area contributed by atoms with Gasteiger partial charge in [0.05, 0.1) is 12.3 Å². The highest BCUT2D eigenvalue weighted by atomic mass is 19.1. The van der Waals surface area contributed by atoms with E-state index < -0.39 is 11.6 Å². The third-order valence-corrected chi connectivity index (χ3v) is 2.87. The second-order valence-electron chi connectivity index (χ2n) is 4.17. The maximum Gasteiger partial charge on any atom is 0.167 e. The van der Waals surface area contributed by atoms with E-state index in [1.165, 1.54) is 0 Å². The van der Waals surface area contributed by atoms with Crippen molar-refractivity contribution in [1.82, 2.24) is 0 Å². The van der Waals surface area contributed by atoms with Crippen LogP contribution in [0.5, 0.6) is 5.75 Å². The van der Waals surface area contributed by atoms with E-state index in [0.29, 0.717) is 25.7 Å². The molecule has 1 aromatic carbocycles. The van der Waals surface area contributed by atoms with E-state index in [0.717, 1.165) is 25.0 Å². The number of nitrogens with two attached hydrogens (primary N) is 1. The summed E-state index contributed by atoms with van der Waals surface area (Å²) in [6, 6.07) is 1.93. The van der Waals surface area contributed by atoms with Crippen LogP contribution in [0.3, 0.4) is 0 Å². The molecule has 0 bridgehead atoms. The van der Waals surface area contributed by atoms with Crippen molar-refractivity contribution in [3.8, 4) is 5.75 Å². The van der Waals surface area contributed by atoms with Gasteiger partial charge in [0.1, 0.15) is 5.82 Å². The normalized spacial score (nSPS) is 17.1. The summed E-state index contributed by atoms with van der Waals surface area (Å²) in [6.07, 6.45) is 1.78. The minimum Gasteiger partial charge on any atom is -0.490 e. The maximum absolute atomic E-state index is 13.4. The molecule has 5 heteroatoms. The van der Waals surface area contributed by atoms with Gasteiger partial charge >= 0.3 is 0 Å². The first-order chi connectivity index (χ1) is 8.16. The Labute approximate surface area is 98.5 Å². The molecule has 1 fully saturated rings. The van der Waals surface area contributed by atoms with E-state index in [2.05, 4.69) is 0 Å². The number of hydrogen-bond acceptors (Lipinski definition) is 3. The van der Waals surface area contributed by atoms with Gasteiger partial charge in [0, 0.05) is 25.3 Å². The number of nitrogen functional groups attached to an aromatic ring is 1. The van der Waals surface area contributed by atoms with Crippen molar-refractivity contribution in [2.24, 2.45) is 5.92 Å². The molecular formula is C12H15F2NO2. The van der Waals surface area contributed by atoms with Crippen LogP contribution in [0.4, 0.5) is 14.5 Å². The average molecular weight is 243 g/mol. The molecule has 17 heavy (non-hydrogen) atoms. The van der Waals surface area contributed by atoms with Gasteiger partial charge in [-0.2, -0.15) is 0 Å². The first-order valence-electron chi connectivity index (χ1n) is 5.62. The Hall–Kier alpha value is -1.36. The quantitative estimate of drug-likeness (QED) is 0.829. The highest BCUT2D eigenvalue weighted by Crippen LogP contribution is 2.24. The molecule has 1 aliphatic heterocycles. The fraction of sp³-hybridized carbons (Fsp3) is 0.500. The molecular weight excluding hydrogens is 228 g/mol. The lowest BCUT2D eigenvalue weighted by Gasteiger charge is -2.22. The zero-order chi connectivity index (χ0) is 12.3. The van der Waals surface area contributed by atoms with Crippen molar-refractivity contribution in [3.63, 3.8) is 0 Å². The summed E-state index contributed by atoms with van der Waals surface area (Å²) in [7, 11) is 0. The van der Waals surface area contributed by atoms with Crippen molar-refractivity contribution < 1.29 is 18.3 Å². The number of hydrogen-bond donors (Lipinski definition) is 1. The summed E-state index contributed by atoms with van der Waals surface area (Å²) in [5.74, 6) is -1.03. The minimum atomic E-state index is -0.659. The number of benzene rings is 1. The van der Waals surface area contributed by atoms with Crippen LogP contribution in [-0.4, -0.2) is 19.8 Å². The Morgan fingerprint density at radius 3 is 2.65 bits per heavy atom. The lowest BCUT2D eigenvalue weighted by Crippen LogP contribution is -2.21. The van der Waals surface area contributed by atoms with Crippen LogP contribution in [0.15, 0.2) is 12.1 Å². The molecule has 1 saturated heterocycles. The zero-order valence-electron chi connectivity index (χ0n) is 9.42. The fourth-order valence-corrected chi connectivity index (χ4v) is 1.78. The van der Waals surface area contributed by atoms with Gasteiger partial charge in [-0.05, 0) is 18.8 Å². The first kappa shape index (κ1) is 12.1. The van der Waals surface area contributed by atoms with Crippen molar-refractivity contribution in [2.75, 3.05) is 25.6 Å². The Kier molecular flexibility index (Phi) is 3.78. The smallest absolute Gasteiger partial charge is 0.167 e. The Morgan fingerprint density at radius 2 is 1.94 bits per heavy atom. The molecule has 3 nitrogen and oxygen atoms in total. The second kappa shape index (κ2) is 5.31. The van der Waals surface area contributed by atoms with Crippen molar-refractivity contribution in [2.45, 2.75) is 12.8 Å². The minimum absolute atomic E-state index is 0.0804. The third kappa shape index (κ3) is 3.06. The van der Waals surface area contributed by atoms with E-state index in [9.17, 15) is 8.78 Å². The second-order valence-corrected chi connectivity index (χ2v) is 4.17. The van der Waals surface area contributed by atoms with Gasteiger partial charge in [-0.1, -0.05) is 0 Å². The number of ether oxygens (including phenoxy) is 2. The van der Waals surface area contributed by atoms with Crippen molar-refractivity contribution in [1.29, 1.82) is 0 Å². The molecule has 0 aliphatic carbocycles. The van der Waals surface area contributed by atoms with Crippen LogP contribution in [0.1, 0.15) is 12.8 Å². The molecule has 1 aromatic rings. The predicted octanol–water partition coefficient (Wildman–Crippen LogP) is 2.35. The molecule has 1 aliphatic rings. The van der Waals surface area contributed by atoms with Crippen LogP contribution < -0.4 is 10.5 Å². The fourth-order valence-electron chi connectivity index (χ4n) is 1.78. The van der Waals surface area contributed by atoms with Gasteiger partial charge in [-0.3, -0.25) is 0 Å². The third-order valence-electron chi connectivity index (χ3n) is 2.87. The lowest BCUT2D eigenvalue weighted by atomic mass is 10.0. The summed E-state index contributed by atoms with van der Waals surface area (Å²) in [6.45, 7) is 1.78. The van der Waals surface area contributed by atoms with Crippen molar-refractivity contribution in [3.05, 3.63) is 23.8 Å². The van der Waals surface area contributed by atoms with Gasteiger partial charge in [0.25, 0.3) is 0 Å². The summed E-state index contributed by atoms with van der Waals surface area (Å²) in [5, 5.41) is 0. The van der Waals surface area contributed by atoms with Crippen molar-refractivity contribution >= 4 is 5.69 Å². The Morgan fingerprint density at radius 1 is 1.24 bits per heavy atom. The standard InChI is InChI=1S/C12H15F2NO2/c13-9-6-12(10(14)5-11(9)15)17-7-8-1-3-16-4-2-8/h5-6,8H,1-4,7,15H2. The molecule has 0 unspecified atom stereocenters. The molecule has 1 heterocycles. The zero-order valence-corrected chi connectivity index (χ0v) is 9.42. The topological polar surface area (TPSA) is 44.5 Å². The van der Waals surface area contributed by atoms with Crippen LogP contribution >= 0.6 is 0 Å². The van der Waals surface area contributed by atoms with Crippen LogP contribution in [0, 0.1) is 17.6 Å². The highest BCUT2D eigenvalue weighted by molar-refractivity contribution is 5.44. The predicted molar refractivity (Wildman–Crippen MR) is 59.8 cm³/mol. The van der Waals surface area contributed by atoms with Crippen LogP contribution in [0.2, 0.25) is 0 Å². The van der Waals surface area contributed by atoms with Gasteiger partial charge in [-0.25, -0.2) is 8.78 Å². The average Bonchev–Trinajstić information content (AvgIpc) is 2.33. The van der Waals surface area contributed by atoms with E-state index in [4.69, 9.17) is 15.2 Å². The van der Waals surface area contributed by atoms with E-state index in [1.807, 2.05) is 0 Å². The SMILES string of the molecule is Nc1cc(F)c(OCC2CCOCC2)cc1F. The monoisotopic (exact) mass is 243 g/mol. The van der Waals surface area contributed by atoms with Gasteiger partial charge < -0.3 is 15.2 Å². The number of halogens is 2. The molecule has 2 rings (SSSR count). The van der Waals surface area contributed by atoms with E-state index in [-0.39, 0.29) is 11.4 Å². The van der Waals surface area contributed by atoms with Gasteiger partial charge in [0.2, 0.25) is 0 Å². The molecule has 0 amide bonds. The number of rotatable bonds is 3. The van der Waals surface area contributed by atoms with Gasteiger partial charge in [0.15, 0.2) is 11.6 Å². The van der Waals surface area contributed by atoms with Crippen LogP contribution in [-0.2, 0) is 4.74 Å². The summed E-state index contributed by atoms with van der Waals surface area (Å²) in [5.41, 5.74) is 5.03. The molecule has 0 radical (unpaired) electrons. The van der Waals surface area contributed by atoms with E-state index >= 15 is 0 Å². The molecule has 2 N–H and O–H groups in total. The molecule has 0 spiro atoms. The number of anilines is 1. The summed E-state index contributed by atoms with van der Waals surface area (Å²) in [4.78, 5) is 0. The highest BCUT2D eigenvalue weighted by Gasteiger charge is 2.16.